The van der Waals surface area contributed by atoms with Gasteiger partial charge in [-0.3, -0.25) is 0 Å². The van der Waals surface area contributed by atoms with Gasteiger partial charge in [-0.2, -0.15) is 4.31 Å². The number of rotatable bonds is 5. The first-order chi connectivity index (χ1) is 12.4. The first-order valence-corrected chi connectivity index (χ1v) is 10.4. The number of aryl methyl sites for hydroxylation is 1. The predicted octanol–water partition coefficient (Wildman–Crippen LogP) is 3.29. The largest absolute Gasteiger partial charge is 0.491 e. The maximum absolute atomic E-state index is 12.9. The van der Waals surface area contributed by atoms with Crippen LogP contribution in [0.5, 0.6) is 5.75 Å². The van der Waals surface area contributed by atoms with E-state index in [9.17, 15) is 8.42 Å². The van der Waals surface area contributed by atoms with Crippen molar-refractivity contribution in [2.75, 3.05) is 31.1 Å². The summed E-state index contributed by atoms with van der Waals surface area (Å²) in [5.74, 6) is 0.684. The fraction of sp³-hybridized carbons (Fsp3) is 0.400. The highest BCUT2D eigenvalue weighted by Gasteiger charge is 2.28. The quantitative estimate of drug-likeness (QED) is 0.806. The van der Waals surface area contributed by atoms with Crippen molar-refractivity contribution < 1.29 is 13.2 Å². The number of anilines is 1. The molecule has 0 N–H and O–H groups in total. The zero-order valence-electron chi connectivity index (χ0n) is 15.6. The molecule has 1 fully saturated rings. The van der Waals surface area contributed by atoms with Crippen LogP contribution >= 0.6 is 0 Å². The molecule has 2 aromatic rings. The molecule has 26 heavy (non-hydrogen) atoms. The van der Waals surface area contributed by atoms with Crippen molar-refractivity contribution in [1.82, 2.24) is 4.31 Å². The Balaban J connectivity index is 1.68. The summed E-state index contributed by atoms with van der Waals surface area (Å²) in [6.45, 7) is 8.31. The number of ether oxygens (including phenoxy) is 1. The Morgan fingerprint density at radius 3 is 2.19 bits per heavy atom. The van der Waals surface area contributed by atoms with Crippen molar-refractivity contribution in [3.63, 3.8) is 0 Å². The third kappa shape index (κ3) is 4.19. The summed E-state index contributed by atoms with van der Waals surface area (Å²) in [7, 11) is -3.47. The van der Waals surface area contributed by atoms with Crippen LogP contribution in [0.15, 0.2) is 53.4 Å². The molecular formula is C20H26N2O3S. The van der Waals surface area contributed by atoms with Gasteiger partial charge in [0.2, 0.25) is 10.0 Å². The molecule has 6 heteroatoms. The van der Waals surface area contributed by atoms with Gasteiger partial charge in [0.25, 0.3) is 0 Å². The van der Waals surface area contributed by atoms with Crippen molar-refractivity contribution in [3.05, 3.63) is 54.1 Å². The molecule has 5 nitrogen and oxygen atoms in total. The van der Waals surface area contributed by atoms with Crippen molar-refractivity contribution in [3.8, 4) is 5.75 Å². The van der Waals surface area contributed by atoms with E-state index < -0.39 is 10.0 Å². The van der Waals surface area contributed by atoms with Crippen molar-refractivity contribution in [2.24, 2.45) is 0 Å². The van der Waals surface area contributed by atoms with Gasteiger partial charge in [-0.05, 0) is 62.7 Å². The van der Waals surface area contributed by atoms with Gasteiger partial charge in [-0.1, -0.05) is 12.1 Å². The Hall–Kier alpha value is -2.05. The zero-order valence-corrected chi connectivity index (χ0v) is 16.4. The third-order valence-electron chi connectivity index (χ3n) is 4.44. The first kappa shape index (κ1) is 18.7. The van der Waals surface area contributed by atoms with E-state index in [1.165, 1.54) is 5.56 Å². The van der Waals surface area contributed by atoms with Gasteiger partial charge in [-0.15, -0.1) is 0 Å². The molecule has 0 atom stereocenters. The summed E-state index contributed by atoms with van der Waals surface area (Å²) in [6.07, 6.45) is 0.0622. The molecule has 1 aliphatic rings. The molecule has 0 spiro atoms. The van der Waals surface area contributed by atoms with Crippen LogP contribution in [0.1, 0.15) is 19.4 Å². The Morgan fingerprint density at radius 1 is 0.962 bits per heavy atom. The van der Waals surface area contributed by atoms with Gasteiger partial charge >= 0.3 is 0 Å². The van der Waals surface area contributed by atoms with E-state index in [2.05, 4.69) is 30.0 Å². The molecule has 1 saturated heterocycles. The Labute approximate surface area is 156 Å². The third-order valence-corrected chi connectivity index (χ3v) is 6.35. The SMILES string of the molecule is Cc1cccc(N2CCN(S(=O)(=O)c3ccc(OC(C)C)cc3)CC2)c1. The van der Waals surface area contributed by atoms with Crippen LogP contribution in [0.25, 0.3) is 0 Å². The fourth-order valence-corrected chi connectivity index (χ4v) is 4.54. The molecule has 1 aliphatic heterocycles. The van der Waals surface area contributed by atoms with Crippen LogP contribution in [0.4, 0.5) is 5.69 Å². The van der Waals surface area contributed by atoms with Gasteiger partial charge in [-0.25, -0.2) is 8.42 Å². The molecule has 2 aromatic carbocycles. The minimum absolute atomic E-state index is 0.0622. The molecule has 0 aliphatic carbocycles. The zero-order chi connectivity index (χ0) is 18.7. The number of benzene rings is 2. The second-order valence-electron chi connectivity index (χ2n) is 6.87. The van der Waals surface area contributed by atoms with E-state index in [1.54, 1.807) is 28.6 Å². The second kappa shape index (κ2) is 7.68. The number of piperazine rings is 1. The molecule has 1 heterocycles. The Morgan fingerprint density at radius 2 is 1.62 bits per heavy atom. The van der Waals surface area contributed by atoms with Gasteiger partial charge in [0.15, 0.2) is 0 Å². The minimum atomic E-state index is -3.47. The highest BCUT2D eigenvalue weighted by Crippen LogP contribution is 2.23. The molecule has 0 aromatic heterocycles. The van der Waals surface area contributed by atoms with Gasteiger partial charge in [0.1, 0.15) is 5.75 Å². The molecule has 140 valence electrons. The molecule has 0 radical (unpaired) electrons. The highest BCUT2D eigenvalue weighted by atomic mass is 32.2. The van der Waals surface area contributed by atoms with Gasteiger partial charge < -0.3 is 9.64 Å². The minimum Gasteiger partial charge on any atom is -0.491 e. The lowest BCUT2D eigenvalue weighted by atomic mass is 10.2. The average Bonchev–Trinajstić information content (AvgIpc) is 2.62. The number of hydrogen-bond donors (Lipinski definition) is 0. The first-order valence-electron chi connectivity index (χ1n) is 8.95. The second-order valence-corrected chi connectivity index (χ2v) is 8.81. The van der Waals surface area contributed by atoms with Crippen molar-refractivity contribution in [2.45, 2.75) is 31.8 Å². The normalized spacial score (nSPS) is 16.1. The summed E-state index contributed by atoms with van der Waals surface area (Å²) < 4.78 is 32.9. The van der Waals surface area contributed by atoms with Crippen LogP contribution in [0.2, 0.25) is 0 Å². The summed E-state index contributed by atoms with van der Waals surface area (Å²) in [4.78, 5) is 2.55. The maximum atomic E-state index is 12.9. The number of nitrogens with zero attached hydrogens (tertiary/aromatic N) is 2. The fourth-order valence-electron chi connectivity index (χ4n) is 3.12. The smallest absolute Gasteiger partial charge is 0.243 e. The lowest BCUT2D eigenvalue weighted by Gasteiger charge is -2.35. The molecule has 0 saturated carbocycles. The lowest BCUT2D eigenvalue weighted by molar-refractivity contribution is 0.242. The van der Waals surface area contributed by atoms with E-state index in [0.29, 0.717) is 36.8 Å². The number of sulfonamides is 1. The van der Waals surface area contributed by atoms with E-state index >= 15 is 0 Å². The Kier molecular flexibility index (Phi) is 5.53. The van der Waals surface area contributed by atoms with E-state index in [4.69, 9.17) is 4.74 Å². The van der Waals surface area contributed by atoms with Crippen LogP contribution < -0.4 is 9.64 Å². The number of hydrogen-bond acceptors (Lipinski definition) is 4. The van der Waals surface area contributed by atoms with Crippen molar-refractivity contribution in [1.29, 1.82) is 0 Å². The van der Waals surface area contributed by atoms with E-state index in [-0.39, 0.29) is 6.10 Å². The molecule has 0 bridgehead atoms. The van der Waals surface area contributed by atoms with Crippen LogP contribution in [0.3, 0.4) is 0 Å². The highest BCUT2D eigenvalue weighted by molar-refractivity contribution is 7.89. The molecule has 0 amide bonds. The summed E-state index contributed by atoms with van der Waals surface area (Å²) in [5.41, 5.74) is 2.36. The average molecular weight is 375 g/mol. The van der Waals surface area contributed by atoms with Crippen LogP contribution in [0, 0.1) is 6.92 Å². The lowest BCUT2D eigenvalue weighted by Crippen LogP contribution is -2.48. The van der Waals surface area contributed by atoms with Gasteiger partial charge in [0, 0.05) is 31.9 Å². The van der Waals surface area contributed by atoms with E-state index in [1.807, 2.05) is 19.9 Å². The van der Waals surface area contributed by atoms with Crippen LogP contribution in [-0.4, -0.2) is 45.0 Å². The van der Waals surface area contributed by atoms with Crippen LogP contribution in [-0.2, 0) is 10.0 Å². The van der Waals surface area contributed by atoms with Crippen molar-refractivity contribution >= 4 is 15.7 Å². The van der Waals surface area contributed by atoms with E-state index in [0.717, 1.165) is 5.69 Å². The Bertz CT molecular complexity index is 840. The summed E-state index contributed by atoms with van der Waals surface area (Å²) in [6, 6.07) is 15.0. The maximum Gasteiger partial charge on any atom is 0.243 e. The molecular weight excluding hydrogens is 348 g/mol. The summed E-state index contributed by atoms with van der Waals surface area (Å²) >= 11 is 0. The topological polar surface area (TPSA) is 49.9 Å². The predicted molar refractivity (Wildman–Crippen MR) is 104 cm³/mol. The molecule has 3 rings (SSSR count). The standard InChI is InChI=1S/C20H26N2O3S/c1-16(2)25-19-7-9-20(10-8-19)26(23,24)22-13-11-21(12-14-22)18-6-4-5-17(3)15-18/h4-10,15-16H,11-14H2,1-3H3. The van der Waals surface area contributed by atoms with Gasteiger partial charge in [0.05, 0.1) is 11.0 Å². The molecule has 0 unspecified atom stereocenters. The monoisotopic (exact) mass is 374 g/mol. The summed E-state index contributed by atoms with van der Waals surface area (Å²) in [5, 5.41) is 0.